The second-order valence-electron chi connectivity index (χ2n) is 4.94. The number of benzene rings is 1. The number of nitrogens with one attached hydrogen (secondary N) is 1. The van der Waals surface area contributed by atoms with Gasteiger partial charge in [-0.15, -0.1) is 0 Å². The zero-order chi connectivity index (χ0) is 16.4. The van der Waals surface area contributed by atoms with E-state index in [4.69, 9.17) is 16.8 Å². The first kappa shape index (κ1) is 15.1. The van der Waals surface area contributed by atoms with Crippen LogP contribution in [0.25, 0.3) is 5.65 Å². The first-order valence-electron chi connectivity index (χ1n) is 6.82. The van der Waals surface area contributed by atoms with E-state index in [1.165, 1.54) is 4.40 Å². The lowest BCUT2D eigenvalue weighted by Crippen LogP contribution is -2.22. The van der Waals surface area contributed by atoms with Crippen LogP contribution in [0.15, 0.2) is 52.5 Å². The van der Waals surface area contributed by atoms with Crippen molar-refractivity contribution in [2.45, 2.75) is 6.92 Å². The van der Waals surface area contributed by atoms with Crippen LogP contribution in [0, 0.1) is 6.92 Å². The fraction of sp³-hybridized carbons (Fsp3) is 0.0625. The van der Waals surface area contributed by atoms with Crippen LogP contribution in [0.4, 0.5) is 11.5 Å². The predicted octanol–water partition coefficient (Wildman–Crippen LogP) is 3.21. The molecule has 2 N–H and O–H groups in total. The standard InChI is InChI=1S/C16H13ClN4O2/c1-10-3-2-8-21-15(10)20-14(13(9-18-23)16(21)22)19-12-6-4-11(17)5-7-12/h2-9,19,23H,1H3/b18-9+. The Morgan fingerprint density at radius 1 is 1.30 bits per heavy atom. The molecule has 0 radical (unpaired) electrons. The van der Waals surface area contributed by atoms with Gasteiger partial charge in [-0.25, -0.2) is 4.98 Å². The molecule has 116 valence electrons. The Labute approximate surface area is 136 Å². The van der Waals surface area contributed by atoms with Gasteiger partial charge in [-0.05, 0) is 42.8 Å². The van der Waals surface area contributed by atoms with Gasteiger partial charge >= 0.3 is 0 Å². The lowest BCUT2D eigenvalue weighted by Gasteiger charge is -2.11. The summed E-state index contributed by atoms with van der Waals surface area (Å²) in [7, 11) is 0. The Hall–Kier alpha value is -2.86. The monoisotopic (exact) mass is 328 g/mol. The van der Waals surface area contributed by atoms with Gasteiger partial charge in [-0.3, -0.25) is 9.20 Å². The summed E-state index contributed by atoms with van der Waals surface area (Å²) in [6.07, 6.45) is 2.70. The van der Waals surface area contributed by atoms with Gasteiger partial charge in [0.2, 0.25) is 0 Å². The molecule has 2 aromatic heterocycles. The zero-order valence-corrected chi connectivity index (χ0v) is 12.9. The number of hydrogen-bond donors (Lipinski definition) is 2. The summed E-state index contributed by atoms with van der Waals surface area (Å²) in [6.45, 7) is 1.87. The van der Waals surface area contributed by atoms with Crippen molar-refractivity contribution in [2.75, 3.05) is 5.32 Å². The average molecular weight is 329 g/mol. The second-order valence-corrected chi connectivity index (χ2v) is 5.38. The highest BCUT2D eigenvalue weighted by Crippen LogP contribution is 2.20. The van der Waals surface area contributed by atoms with Crippen LogP contribution in [0.5, 0.6) is 0 Å². The third-order valence-electron chi connectivity index (χ3n) is 3.38. The Morgan fingerprint density at radius 2 is 2.04 bits per heavy atom. The summed E-state index contributed by atoms with van der Waals surface area (Å²) in [4.78, 5) is 17.1. The molecule has 0 atom stereocenters. The van der Waals surface area contributed by atoms with Crippen LogP contribution in [0.3, 0.4) is 0 Å². The molecule has 0 bridgehead atoms. The summed E-state index contributed by atoms with van der Waals surface area (Å²) in [6, 6.07) is 10.6. The number of aryl methyl sites for hydroxylation is 1. The van der Waals surface area contributed by atoms with Crippen LogP contribution >= 0.6 is 11.6 Å². The second kappa shape index (κ2) is 6.10. The average Bonchev–Trinajstić information content (AvgIpc) is 2.54. The number of anilines is 2. The topological polar surface area (TPSA) is 79.0 Å². The quantitative estimate of drug-likeness (QED) is 0.439. The van der Waals surface area contributed by atoms with Crippen LogP contribution in [0.2, 0.25) is 5.02 Å². The number of fused-ring (bicyclic) bond motifs is 1. The Balaban J connectivity index is 2.21. The molecular weight excluding hydrogens is 316 g/mol. The largest absolute Gasteiger partial charge is 0.411 e. The van der Waals surface area contributed by atoms with Crippen molar-refractivity contribution in [3.63, 3.8) is 0 Å². The molecule has 0 unspecified atom stereocenters. The summed E-state index contributed by atoms with van der Waals surface area (Å²) in [5.74, 6) is 0.310. The van der Waals surface area contributed by atoms with Gasteiger partial charge in [0.15, 0.2) is 0 Å². The number of pyridine rings is 1. The van der Waals surface area contributed by atoms with E-state index >= 15 is 0 Å². The van der Waals surface area contributed by atoms with E-state index in [2.05, 4.69) is 15.5 Å². The first-order valence-corrected chi connectivity index (χ1v) is 7.20. The molecule has 23 heavy (non-hydrogen) atoms. The van der Waals surface area contributed by atoms with E-state index in [0.29, 0.717) is 22.2 Å². The normalized spacial score (nSPS) is 11.2. The van der Waals surface area contributed by atoms with Gasteiger partial charge in [0, 0.05) is 16.9 Å². The smallest absolute Gasteiger partial charge is 0.269 e. The predicted molar refractivity (Wildman–Crippen MR) is 90.3 cm³/mol. The molecule has 0 saturated heterocycles. The van der Waals surface area contributed by atoms with Gasteiger partial charge < -0.3 is 10.5 Å². The third kappa shape index (κ3) is 2.89. The van der Waals surface area contributed by atoms with Crippen molar-refractivity contribution in [1.29, 1.82) is 0 Å². The van der Waals surface area contributed by atoms with Crippen molar-refractivity contribution in [1.82, 2.24) is 9.38 Å². The third-order valence-corrected chi connectivity index (χ3v) is 3.63. The number of oxime groups is 1. The molecule has 0 spiro atoms. The highest BCUT2D eigenvalue weighted by atomic mass is 35.5. The van der Waals surface area contributed by atoms with Crippen molar-refractivity contribution in [2.24, 2.45) is 5.16 Å². The number of aromatic nitrogens is 2. The van der Waals surface area contributed by atoms with Crippen molar-refractivity contribution in [3.05, 3.63) is 69.1 Å². The minimum Gasteiger partial charge on any atom is -0.411 e. The molecule has 3 rings (SSSR count). The maximum atomic E-state index is 12.6. The SMILES string of the molecule is Cc1cccn2c(=O)c(/C=N/O)c(Nc3ccc(Cl)cc3)nc12. The number of rotatable bonds is 3. The fourth-order valence-electron chi connectivity index (χ4n) is 2.25. The minimum absolute atomic E-state index is 0.158. The number of halogens is 1. The van der Waals surface area contributed by atoms with Crippen molar-refractivity contribution >= 4 is 35.0 Å². The van der Waals surface area contributed by atoms with E-state index in [1.807, 2.05) is 13.0 Å². The molecule has 0 aliphatic rings. The van der Waals surface area contributed by atoms with E-state index in [-0.39, 0.29) is 11.1 Å². The van der Waals surface area contributed by atoms with Crippen LogP contribution in [-0.2, 0) is 0 Å². The van der Waals surface area contributed by atoms with Crippen LogP contribution in [0.1, 0.15) is 11.1 Å². The molecule has 0 amide bonds. The van der Waals surface area contributed by atoms with Crippen molar-refractivity contribution in [3.8, 4) is 0 Å². The summed E-state index contributed by atoms with van der Waals surface area (Å²) in [5, 5.41) is 15.5. The summed E-state index contributed by atoms with van der Waals surface area (Å²) in [5.41, 5.74) is 1.94. The van der Waals surface area contributed by atoms with E-state index in [9.17, 15) is 4.79 Å². The molecule has 0 saturated carbocycles. The van der Waals surface area contributed by atoms with E-state index in [0.717, 1.165) is 11.8 Å². The Morgan fingerprint density at radius 3 is 2.74 bits per heavy atom. The summed E-state index contributed by atoms with van der Waals surface area (Å²) >= 11 is 5.87. The number of nitrogens with zero attached hydrogens (tertiary/aromatic N) is 3. The van der Waals surface area contributed by atoms with Gasteiger partial charge in [-0.1, -0.05) is 22.8 Å². The molecule has 3 aromatic rings. The van der Waals surface area contributed by atoms with E-state index < -0.39 is 0 Å². The lowest BCUT2D eigenvalue weighted by atomic mass is 10.2. The molecule has 0 fully saturated rings. The fourth-order valence-corrected chi connectivity index (χ4v) is 2.38. The van der Waals surface area contributed by atoms with Crippen LogP contribution < -0.4 is 10.9 Å². The molecule has 1 aromatic carbocycles. The summed E-state index contributed by atoms with van der Waals surface area (Å²) < 4.78 is 1.42. The maximum absolute atomic E-state index is 12.6. The Kier molecular flexibility index (Phi) is 3.99. The highest BCUT2D eigenvalue weighted by molar-refractivity contribution is 6.30. The molecule has 7 heteroatoms. The highest BCUT2D eigenvalue weighted by Gasteiger charge is 2.13. The minimum atomic E-state index is -0.326. The molecule has 6 nitrogen and oxygen atoms in total. The number of hydrogen-bond acceptors (Lipinski definition) is 5. The molecule has 0 aliphatic heterocycles. The first-order chi connectivity index (χ1) is 11.1. The Bertz CT molecular complexity index is 949. The lowest BCUT2D eigenvalue weighted by molar-refractivity contribution is 0.322. The van der Waals surface area contributed by atoms with Gasteiger partial charge in [0.25, 0.3) is 5.56 Å². The van der Waals surface area contributed by atoms with Gasteiger partial charge in [-0.2, -0.15) is 0 Å². The van der Waals surface area contributed by atoms with E-state index in [1.54, 1.807) is 36.5 Å². The zero-order valence-electron chi connectivity index (χ0n) is 12.2. The van der Waals surface area contributed by atoms with Gasteiger partial charge in [0.05, 0.1) is 6.21 Å². The maximum Gasteiger partial charge on any atom is 0.269 e. The van der Waals surface area contributed by atoms with Crippen LogP contribution in [-0.4, -0.2) is 20.8 Å². The van der Waals surface area contributed by atoms with Crippen molar-refractivity contribution < 1.29 is 5.21 Å². The molecule has 2 heterocycles. The molecule has 0 aliphatic carbocycles. The molecular formula is C16H13ClN4O2. The van der Waals surface area contributed by atoms with Gasteiger partial charge in [0.1, 0.15) is 17.0 Å².